The van der Waals surface area contributed by atoms with E-state index in [-0.39, 0.29) is 11.3 Å². The number of Topliss-reactive ketones (excluding diaryl/α,β-unsaturated/α-hetero) is 1. The summed E-state index contributed by atoms with van der Waals surface area (Å²) in [6.45, 7) is 2.94. The lowest BCUT2D eigenvalue weighted by molar-refractivity contribution is -0.135. The van der Waals surface area contributed by atoms with Crippen molar-refractivity contribution in [1.29, 1.82) is 0 Å². The number of halogens is 3. The highest BCUT2D eigenvalue weighted by molar-refractivity contribution is 7.92. The highest BCUT2D eigenvalue weighted by atomic mass is 32.2. The number of ketones is 1. The number of fused-ring (bicyclic) bond motifs is 1. The summed E-state index contributed by atoms with van der Waals surface area (Å²) >= 11 is 0. The largest absolute Gasteiger partial charge is 0.501 e. The molecular formula is C12H12F3NO4S. The topological polar surface area (TPSA) is 86.5 Å². The maximum absolute atomic E-state index is 12.5. The SMILES string of the molecule is CC1(C)Oc2ccc(S(=O)(=O)C(F)(F)F)cc2C(N)C1=O. The highest BCUT2D eigenvalue weighted by Crippen LogP contribution is 2.39. The zero-order chi connectivity index (χ0) is 16.2. The average Bonchev–Trinajstić information content (AvgIpc) is 2.34. The molecule has 0 saturated carbocycles. The van der Waals surface area contributed by atoms with Gasteiger partial charge in [-0.25, -0.2) is 8.42 Å². The number of hydrogen-bond donors (Lipinski definition) is 1. The molecule has 1 atom stereocenters. The molecule has 2 N–H and O–H groups in total. The molecule has 0 spiro atoms. The molecule has 1 aromatic carbocycles. The van der Waals surface area contributed by atoms with Gasteiger partial charge >= 0.3 is 5.51 Å². The van der Waals surface area contributed by atoms with Crippen LogP contribution in [0, 0.1) is 0 Å². The van der Waals surface area contributed by atoms with E-state index in [1.165, 1.54) is 13.8 Å². The van der Waals surface area contributed by atoms with Crippen molar-refractivity contribution in [2.24, 2.45) is 5.73 Å². The van der Waals surface area contributed by atoms with Gasteiger partial charge in [0.05, 0.1) is 10.9 Å². The second-order valence-corrected chi connectivity index (χ2v) is 7.04. The Morgan fingerprint density at radius 3 is 2.38 bits per heavy atom. The first kappa shape index (κ1) is 15.8. The Hall–Kier alpha value is -1.61. The summed E-state index contributed by atoms with van der Waals surface area (Å²) in [5, 5.41) is 0. The summed E-state index contributed by atoms with van der Waals surface area (Å²) in [4.78, 5) is 11.0. The van der Waals surface area contributed by atoms with Gasteiger partial charge in [0.25, 0.3) is 9.84 Å². The van der Waals surface area contributed by atoms with Gasteiger partial charge in [-0.2, -0.15) is 13.2 Å². The minimum Gasteiger partial charge on any atom is -0.480 e. The molecule has 1 heterocycles. The molecular weight excluding hydrogens is 311 g/mol. The van der Waals surface area contributed by atoms with Gasteiger partial charge in [0, 0.05) is 5.56 Å². The van der Waals surface area contributed by atoms with E-state index in [4.69, 9.17) is 10.5 Å². The molecule has 1 aliphatic rings. The molecule has 0 saturated heterocycles. The molecule has 0 radical (unpaired) electrons. The molecule has 9 heteroatoms. The van der Waals surface area contributed by atoms with Crippen molar-refractivity contribution in [1.82, 2.24) is 0 Å². The second kappa shape index (κ2) is 4.44. The first-order valence-electron chi connectivity index (χ1n) is 5.82. The Bertz CT molecular complexity index is 710. The zero-order valence-electron chi connectivity index (χ0n) is 11.1. The van der Waals surface area contributed by atoms with Crippen molar-refractivity contribution >= 4 is 15.6 Å². The smallest absolute Gasteiger partial charge is 0.480 e. The molecule has 0 bridgehead atoms. The predicted octanol–water partition coefficient (Wildman–Crippen LogP) is 1.72. The fourth-order valence-electron chi connectivity index (χ4n) is 2.00. The zero-order valence-corrected chi connectivity index (χ0v) is 11.9. The molecule has 0 aromatic heterocycles. The van der Waals surface area contributed by atoms with Gasteiger partial charge in [0.15, 0.2) is 11.4 Å². The molecule has 2 rings (SSSR count). The fraction of sp³-hybridized carbons (Fsp3) is 0.417. The first-order valence-corrected chi connectivity index (χ1v) is 7.30. The van der Waals surface area contributed by atoms with Gasteiger partial charge in [0.1, 0.15) is 5.75 Å². The fourth-order valence-corrected chi connectivity index (χ4v) is 2.80. The van der Waals surface area contributed by atoms with Crippen molar-refractivity contribution in [2.75, 3.05) is 0 Å². The van der Waals surface area contributed by atoms with E-state index in [0.29, 0.717) is 0 Å². The summed E-state index contributed by atoms with van der Waals surface area (Å²) in [5.41, 5.74) is -1.05. The normalized spacial score (nSPS) is 21.6. The molecule has 0 amide bonds. The van der Waals surface area contributed by atoms with Crippen LogP contribution in [0.1, 0.15) is 25.5 Å². The molecule has 1 aromatic rings. The van der Waals surface area contributed by atoms with Crippen LogP contribution in [0.3, 0.4) is 0 Å². The molecule has 1 unspecified atom stereocenters. The van der Waals surface area contributed by atoms with Gasteiger partial charge in [-0.1, -0.05) is 0 Å². The van der Waals surface area contributed by atoms with Gasteiger partial charge in [-0.15, -0.1) is 0 Å². The van der Waals surface area contributed by atoms with E-state index in [1.54, 1.807) is 0 Å². The van der Waals surface area contributed by atoms with Crippen LogP contribution in [0.2, 0.25) is 0 Å². The number of alkyl halides is 3. The van der Waals surface area contributed by atoms with Crippen molar-refractivity contribution in [3.8, 4) is 5.75 Å². The number of carbonyl (C=O) groups is 1. The second-order valence-electron chi connectivity index (χ2n) is 5.10. The number of carbonyl (C=O) groups excluding carboxylic acids is 1. The number of sulfone groups is 1. The number of benzene rings is 1. The summed E-state index contributed by atoms with van der Waals surface area (Å²) in [7, 11) is -5.50. The van der Waals surface area contributed by atoms with Crippen LogP contribution >= 0.6 is 0 Å². The maximum atomic E-state index is 12.5. The van der Waals surface area contributed by atoms with Gasteiger partial charge in [-0.3, -0.25) is 4.79 Å². The van der Waals surface area contributed by atoms with Crippen LogP contribution in [0.15, 0.2) is 23.1 Å². The maximum Gasteiger partial charge on any atom is 0.501 e. The Labute approximate surface area is 118 Å². The third kappa shape index (κ3) is 2.40. The molecule has 0 fully saturated rings. The lowest BCUT2D eigenvalue weighted by atomic mass is 9.89. The standard InChI is InChI=1S/C12H12F3NO4S/c1-11(2)10(17)9(16)7-5-6(3-4-8(7)20-11)21(18,19)12(13,14)15/h3-5,9H,16H2,1-2H3. The third-order valence-electron chi connectivity index (χ3n) is 3.17. The lowest BCUT2D eigenvalue weighted by Crippen LogP contribution is -2.47. The Morgan fingerprint density at radius 2 is 1.86 bits per heavy atom. The molecule has 21 heavy (non-hydrogen) atoms. The quantitative estimate of drug-likeness (QED) is 0.850. The summed E-state index contributed by atoms with van der Waals surface area (Å²) < 4.78 is 65.7. The van der Waals surface area contributed by atoms with Crippen LogP contribution in [0.4, 0.5) is 13.2 Å². The van der Waals surface area contributed by atoms with Crippen LogP contribution < -0.4 is 10.5 Å². The van der Waals surface area contributed by atoms with Crippen LogP contribution in [0.5, 0.6) is 5.75 Å². The number of nitrogens with two attached hydrogens (primary N) is 1. The van der Waals surface area contributed by atoms with E-state index in [9.17, 15) is 26.4 Å². The van der Waals surface area contributed by atoms with Crippen molar-refractivity contribution in [3.63, 3.8) is 0 Å². The Morgan fingerprint density at radius 1 is 1.29 bits per heavy atom. The van der Waals surface area contributed by atoms with Gasteiger partial charge in [-0.05, 0) is 32.0 Å². The van der Waals surface area contributed by atoms with Crippen LogP contribution in [0.25, 0.3) is 0 Å². The third-order valence-corrected chi connectivity index (χ3v) is 4.66. The first-order chi connectivity index (χ1) is 9.38. The van der Waals surface area contributed by atoms with E-state index in [2.05, 4.69) is 0 Å². The molecule has 0 aliphatic carbocycles. The lowest BCUT2D eigenvalue weighted by Gasteiger charge is -2.34. The highest BCUT2D eigenvalue weighted by Gasteiger charge is 2.48. The van der Waals surface area contributed by atoms with Crippen LogP contribution in [-0.4, -0.2) is 25.3 Å². The number of hydrogen-bond acceptors (Lipinski definition) is 5. The monoisotopic (exact) mass is 323 g/mol. The van der Waals surface area contributed by atoms with E-state index in [0.717, 1.165) is 18.2 Å². The average molecular weight is 323 g/mol. The van der Waals surface area contributed by atoms with Crippen molar-refractivity contribution in [2.45, 2.75) is 35.9 Å². The molecule has 116 valence electrons. The minimum atomic E-state index is -5.50. The van der Waals surface area contributed by atoms with Crippen LogP contribution in [-0.2, 0) is 14.6 Å². The predicted molar refractivity (Wildman–Crippen MR) is 66.3 cm³/mol. The van der Waals surface area contributed by atoms with Gasteiger partial charge in [0.2, 0.25) is 0 Å². The van der Waals surface area contributed by atoms with E-state index < -0.39 is 37.7 Å². The number of ether oxygens (including phenoxy) is 1. The minimum absolute atomic E-state index is 0.0790. The summed E-state index contributed by atoms with van der Waals surface area (Å²) in [6, 6.07) is 1.34. The summed E-state index contributed by atoms with van der Waals surface area (Å²) in [6.07, 6.45) is 0. The molecule has 5 nitrogen and oxygen atoms in total. The molecule has 1 aliphatic heterocycles. The van der Waals surface area contributed by atoms with Crippen molar-refractivity contribution in [3.05, 3.63) is 23.8 Å². The Kier molecular flexibility index (Phi) is 3.34. The van der Waals surface area contributed by atoms with E-state index >= 15 is 0 Å². The Balaban J connectivity index is 2.59. The number of rotatable bonds is 1. The van der Waals surface area contributed by atoms with Gasteiger partial charge < -0.3 is 10.5 Å². The summed E-state index contributed by atoms with van der Waals surface area (Å²) in [5.74, 6) is -0.454. The van der Waals surface area contributed by atoms with E-state index in [1.807, 2.05) is 0 Å². The van der Waals surface area contributed by atoms with Crippen molar-refractivity contribution < 1.29 is 31.1 Å².